The Hall–Kier alpha value is -1.25. The van der Waals surface area contributed by atoms with Crippen LogP contribution in [0.4, 0.5) is 11.8 Å². The number of hydrogen-bond acceptors (Lipinski definition) is 7. The molecule has 2 fully saturated rings. The minimum Gasteiger partial charge on any atom is -0.381 e. The molecule has 2 saturated heterocycles. The van der Waals surface area contributed by atoms with Gasteiger partial charge in [-0.1, -0.05) is 0 Å². The van der Waals surface area contributed by atoms with Crippen LogP contribution >= 0.6 is 0 Å². The van der Waals surface area contributed by atoms with E-state index in [9.17, 15) is 4.21 Å². The van der Waals surface area contributed by atoms with Crippen LogP contribution in [0.3, 0.4) is 0 Å². The standard InChI is InChI=1S/C17H26N4O3S/c1-23-13-2-7-21(8-3-13)17-19-14-6-11-25(22)15(14)16(20-17)18-12-4-9-24-10-5-12/h12-13H,2-11H2,1H3,(H,18,19,20). The summed E-state index contributed by atoms with van der Waals surface area (Å²) >= 11 is 0. The van der Waals surface area contributed by atoms with Crippen LogP contribution in [-0.2, 0) is 26.7 Å². The average Bonchev–Trinajstić information content (AvgIpc) is 3.04. The third kappa shape index (κ3) is 3.66. The number of aromatic nitrogens is 2. The zero-order valence-corrected chi connectivity index (χ0v) is 15.5. The first-order valence-electron chi connectivity index (χ1n) is 9.16. The molecule has 25 heavy (non-hydrogen) atoms. The first-order chi connectivity index (χ1) is 12.2. The Bertz CT molecular complexity index is 643. The van der Waals surface area contributed by atoms with E-state index in [1.807, 2.05) is 0 Å². The largest absolute Gasteiger partial charge is 0.381 e. The number of anilines is 2. The second-order valence-corrected chi connectivity index (χ2v) is 8.41. The number of methoxy groups -OCH3 is 1. The summed E-state index contributed by atoms with van der Waals surface area (Å²) in [5.41, 5.74) is 0.951. The van der Waals surface area contributed by atoms with Crippen LogP contribution in [0.25, 0.3) is 0 Å². The molecule has 7 nitrogen and oxygen atoms in total. The van der Waals surface area contributed by atoms with Crippen LogP contribution < -0.4 is 10.2 Å². The zero-order chi connectivity index (χ0) is 17.2. The second-order valence-electron chi connectivity index (χ2n) is 6.90. The lowest BCUT2D eigenvalue weighted by Gasteiger charge is -2.32. The Morgan fingerprint density at radius 2 is 1.96 bits per heavy atom. The molecule has 1 atom stereocenters. The number of nitrogens with zero attached hydrogens (tertiary/aromatic N) is 3. The molecule has 0 saturated carbocycles. The molecule has 1 unspecified atom stereocenters. The topological polar surface area (TPSA) is 76.6 Å². The number of hydrogen-bond donors (Lipinski definition) is 1. The number of nitrogens with one attached hydrogen (secondary N) is 1. The van der Waals surface area contributed by atoms with Crippen molar-refractivity contribution < 1.29 is 13.7 Å². The molecule has 0 bridgehead atoms. The monoisotopic (exact) mass is 366 g/mol. The summed E-state index contributed by atoms with van der Waals surface area (Å²) in [6.45, 7) is 3.34. The van der Waals surface area contributed by atoms with E-state index in [2.05, 4.69) is 10.2 Å². The molecule has 8 heteroatoms. The van der Waals surface area contributed by atoms with Crippen LogP contribution in [0, 0.1) is 0 Å². The van der Waals surface area contributed by atoms with Gasteiger partial charge in [0.15, 0.2) is 0 Å². The molecule has 0 aromatic carbocycles. The third-order valence-electron chi connectivity index (χ3n) is 5.30. The fraction of sp³-hybridized carbons (Fsp3) is 0.765. The van der Waals surface area contributed by atoms with Crippen molar-refractivity contribution in [1.82, 2.24) is 9.97 Å². The molecular weight excluding hydrogens is 340 g/mol. The molecule has 0 spiro atoms. The molecule has 4 heterocycles. The lowest BCUT2D eigenvalue weighted by molar-refractivity contribution is 0.0816. The molecule has 3 aliphatic heterocycles. The molecule has 1 N–H and O–H groups in total. The minimum absolute atomic E-state index is 0.331. The zero-order valence-electron chi connectivity index (χ0n) is 14.7. The summed E-state index contributed by atoms with van der Waals surface area (Å²) < 4.78 is 23.3. The molecule has 0 aliphatic carbocycles. The number of fused-ring (bicyclic) bond motifs is 1. The van der Waals surface area contributed by atoms with Crippen molar-refractivity contribution in [2.24, 2.45) is 0 Å². The van der Waals surface area contributed by atoms with Gasteiger partial charge in [0.1, 0.15) is 10.7 Å². The van der Waals surface area contributed by atoms with Crippen molar-refractivity contribution in [3.8, 4) is 0 Å². The van der Waals surface area contributed by atoms with Gasteiger partial charge in [-0.25, -0.2) is 4.98 Å². The third-order valence-corrected chi connectivity index (χ3v) is 6.76. The summed E-state index contributed by atoms with van der Waals surface area (Å²) in [6.07, 6.45) is 5.00. The lowest BCUT2D eigenvalue weighted by Crippen LogP contribution is -2.38. The summed E-state index contributed by atoms with van der Waals surface area (Å²) in [7, 11) is 0.784. The number of piperidine rings is 1. The maximum Gasteiger partial charge on any atom is 0.227 e. The number of rotatable bonds is 4. The Morgan fingerprint density at radius 3 is 2.68 bits per heavy atom. The fourth-order valence-corrected chi connectivity index (χ4v) is 5.06. The van der Waals surface area contributed by atoms with Gasteiger partial charge in [0.2, 0.25) is 5.95 Å². The highest BCUT2D eigenvalue weighted by Gasteiger charge is 2.29. The van der Waals surface area contributed by atoms with Gasteiger partial charge in [-0.05, 0) is 25.7 Å². The van der Waals surface area contributed by atoms with Crippen LogP contribution in [0.15, 0.2) is 4.90 Å². The summed E-state index contributed by atoms with van der Waals surface area (Å²) in [6, 6.07) is 0.331. The second kappa shape index (κ2) is 7.55. The lowest BCUT2D eigenvalue weighted by atomic mass is 10.1. The summed E-state index contributed by atoms with van der Waals surface area (Å²) in [5.74, 6) is 2.19. The van der Waals surface area contributed by atoms with E-state index in [0.29, 0.717) is 17.9 Å². The molecule has 0 radical (unpaired) electrons. The van der Waals surface area contributed by atoms with Gasteiger partial charge in [0.05, 0.1) is 22.6 Å². The smallest absolute Gasteiger partial charge is 0.227 e. The Balaban J connectivity index is 1.58. The Labute approximate surface area is 151 Å². The summed E-state index contributed by atoms with van der Waals surface area (Å²) in [5, 5.41) is 3.54. The predicted molar refractivity (Wildman–Crippen MR) is 96.7 cm³/mol. The Kier molecular flexibility index (Phi) is 5.19. The SMILES string of the molecule is COC1CCN(c2nc3c(c(NC4CCOCC4)n2)S(=O)CC3)CC1. The van der Waals surface area contributed by atoms with E-state index in [1.165, 1.54) is 0 Å². The average molecular weight is 366 g/mol. The molecule has 3 aliphatic rings. The van der Waals surface area contributed by atoms with Crippen molar-refractivity contribution in [1.29, 1.82) is 0 Å². The first-order valence-corrected chi connectivity index (χ1v) is 10.5. The molecule has 0 amide bonds. The molecule has 138 valence electrons. The highest BCUT2D eigenvalue weighted by atomic mass is 32.2. The molecular formula is C17H26N4O3S. The van der Waals surface area contributed by atoms with E-state index in [4.69, 9.17) is 19.4 Å². The van der Waals surface area contributed by atoms with Crippen molar-refractivity contribution in [3.63, 3.8) is 0 Å². The van der Waals surface area contributed by atoms with Gasteiger partial charge in [0, 0.05) is 51.6 Å². The van der Waals surface area contributed by atoms with Gasteiger partial charge in [0.25, 0.3) is 0 Å². The van der Waals surface area contributed by atoms with Gasteiger partial charge in [-0.2, -0.15) is 4.98 Å². The first kappa shape index (κ1) is 17.2. The van der Waals surface area contributed by atoms with Gasteiger partial charge in [-0.3, -0.25) is 4.21 Å². The fourth-order valence-electron chi connectivity index (χ4n) is 3.75. The highest BCUT2D eigenvalue weighted by molar-refractivity contribution is 7.85. The van der Waals surface area contributed by atoms with Gasteiger partial charge < -0.3 is 19.7 Å². The summed E-state index contributed by atoms with van der Waals surface area (Å²) in [4.78, 5) is 12.6. The van der Waals surface area contributed by atoms with E-state index in [-0.39, 0.29) is 0 Å². The van der Waals surface area contributed by atoms with Gasteiger partial charge >= 0.3 is 0 Å². The van der Waals surface area contributed by atoms with Crippen molar-refractivity contribution >= 4 is 22.6 Å². The van der Waals surface area contributed by atoms with E-state index in [1.54, 1.807) is 7.11 Å². The molecule has 4 rings (SSSR count). The Morgan fingerprint density at radius 1 is 1.20 bits per heavy atom. The van der Waals surface area contributed by atoms with Crippen molar-refractivity contribution in [3.05, 3.63) is 5.69 Å². The van der Waals surface area contributed by atoms with Crippen LogP contribution in [0.5, 0.6) is 0 Å². The van der Waals surface area contributed by atoms with Crippen LogP contribution in [0.1, 0.15) is 31.4 Å². The maximum absolute atomic E-state index is 12.4. The normalized spacial score (nSPS) is 25.2. The number of ether oxygens (including phenoxy) is 2. The quantitative estimate of drug-likeness (QED) is 0.862. The molecule has 1 aromatic heterocycles. The maximum atomic E-state index is 12.4. The number of aryl methyl sites for hydroxylation is 1. The van der Waals surface area contributed by atoms with E-state index >= 15 is 0 Å². The van der Waals surface area contributed by atoms with Crippen molar-refractivity contribution in [2.75, 3.05) is 49.4 Å². The van der Waals surface area contributed by atoms with Crippen molar-refractivity contribution in [2.45, 2.75) is 49.1 Å². The highest BCUT2D eigenvalue weighted by Crippen LogP contribution is 2.31. The van der Waals surface area contributed by atoms with Crippen LogP contribution in [-0.4, -0.2) is 65.5 Å². The van der Waals surface area contributed by atoms with Crippen LogP contribution in [0.2, 0.25) is 0 Å². The van der Waals surface area contributed by atoms with E-state index < -0.39 is 10.8 Å². The predicted octanol–water partition coefficient (Wildman–Crippen LogP) is 1.35. The molecule has 1 aromatic rings. The minimum atomic E-state index is -0.991. The van der Waals surface area contributed by atoms with Gasteiger partial charge in [-0.15, -0.1) is 0 Å². The van der Waals surface area contributed by atoms with E-state index in [0.717, 1.165) is 80.8 Å².